The number of aliphatic hydroxyl groups excluding tert-OH is 4. The molecule has 1 rings (SSSR count). The molecule has 17 nitrogen and oxygen atoms in total. The number of aliphatic hydroxyl groups is 4. The van der Waals surface area contributed by atoms with E-state index in [9.17, 15) is 46.9 Å². The summed E-state index contributed by atoms with van der Waals surface area (Å²) in [5.74, 6) is -2.67. The Labute approximate surface area is 174 Å². The lowest BCUT2D eigenvalue weighted by Crippen LogP contribution is -2.57. The fourth-order valence-electron chi connectivity index (χ4n) is 2.24. The van der Waals surface area contributed by atoms with Gasteiger partial charge in [-0.05, 0) is 6.08 Å². The third-order valence-corrected chi connectivity index (χ3v) is 4.60. The first kappa shape index (κ1) is 27.3. The molecule has 0 aromatic heterocycles. The molecule has 31 heavy (non-hydrogen) atoms. The van der Waals surface area contributed by atoms with Gasteiger partial charge >= 0.3 is 26.7 Å². The maximum atomic E-state index is 11.1. The van der Waals surface area contributed by atoms with E-state index in [0.717, 1.165) is 0 Å². The molecule has 0 unspecified atom stereocenters. The third kappa shape index (κ3) is 8.70. The van der Waals surface area contributed by atoms with Crippen LogP contribution < -0.4 is 4.72 Å². The molecule has 180 valence electrons. The number of rotatable bonds is 12. The van der Waals surface area contributed by atoms with Crippen molar-refractivity contribution >= 4 is 33.0 Å². The topological polar surface area (TPSA) is 284 Å². The Morgan fingerprint density at radius 1 is 1.23 bits per heavy atom. The van der Waals surface area contributed by atoms with Crippen molar-refractivity contribution < 1.29 is 74.7 Å². The molecule has 1 heterocycles. The van der Waals surface area contributed by atoms with Crippen LogP contribution in [0.1, 0.15) is 0 Å². The second-order valence-corrected chi connectivity index (χ2v) is 8.21. The van der Waals surface area contributed by atoms with E-state index < -0.39 is 81.9 Å². The second-order valence-electron chi connectivity index (χ2n) is 5.93. The molecule has 0 saturated heterocycles. The number of carboxylic acid groups (broad SMARTS) is 1. The monoisotopic (exact) mass is 497 g/mol. The van der Waals surface area contributed by atoms with E-state index in [0.29, 0.717) is 6.08 Å². The van der Waals surface area contributed by atoms with Gasteiger partial charge in [0.15, 0.2) is 0 Å². The van der Waals surface area contributed by atoms with Crippen molar-refractivity contribution in [1.29, 1.82) is 0 Å². The Bertz CT molecular complexity index is 884. The maximum Gasteiger partial charge on any atom is 0.397 e. The van der Waals surface area contributed by atoms with Crippen LogP contribution in [0.4, 0.5) is 0 Å². The van der Waals surface area contributed by atoms with Crippen LogP contribution in [0.25, 0.3) is 0 Å². The summed E-state index contributed by atoms with van der Waals surface area (Å²) in [5.41, 5.74) is 0. The molecule has 0 amide bonds. The molecule has 0 aromatic rings. The molecule has 1 aliphatic heterocycles. The van der Waals surface area contributed by atoms with Crippen molar-refractivity contribution in [1.82, 2.24) is 4.72 Å². The maximum absolute atomic E-state index is 11.1. The van der Waals surface area contributed by atoms with Gasteiger partial charge in [0.25, 0.3) is 0 Å². The van der Waals surface area contributed by atoms with Gasteiger partial charge in [0.05, 0.1) is 6.61 Å². The van der Waals surface area contributed by atoms with Crippen LogP contribution in [0, 0.1) is 0 Å². The molecule has 7 atom stereocenters. The zero-order valence-electron chi connectivity index (χ0n) is 15.0. The summed E-state index contributed by atoms with van der Waals surface area (Å²) in [4.78, 5) is 22.1. The summed E-state index contributed by atoms with van der Waals surface area (Å²) in [5, 5.41) is 48.8. The summed E-state index contributed by atoms with van der Waals surface area (Å²) in [7, 11) is -10.2. The highest BCUT2D eigenvalue weighted by Crippen LogP contribution is 2.23. The van der Waals surface area contributed by atoms with Crippen LogP contribution in [0.15, 0.2) is 11.8 Å². The van der Waals surface area contributed by atoms with Gasteiger partial charge in [-0.2, -0.15) is 21.6 Å². The van der Waals surface area contributed by atoms with Gasteiger partial charge in [0.1, 0.15) is 42.8 Å². The van der Waals surface area contributed by atoms with Gasteiger partial charge in [0.2, 0.25) is 12.0 Å². The van der Waals surface area contributed by atoms with Crippen molar-refractivity contribution in [3.05, 3.63) is 11.8 Å². The van der Waals surface area contributed by atoms with Gasteiger partial charge in [-0.15, -0.1) is 0 Å². The number of carboxylic acids is 1. The minimum Gasteiger partial charge on any atom is -0.475 e. The standard InChI is InChI=1S/C12H19NO16S2/c14-2-4(13-30(21,22)23)8(17)10(6(16)3-27-31(24,25)26)29-12-9(18)5(15)1-7(28-12)11(19)20/h1-2,4-6,8-10,12-13,15-18H,3H2,(H,19,20)(H,21,22,23)(H,24,25,26)/t4-,5-,6+,8-,9+,10+,12-/m0/s1. The Morgan fingerprint density at radius 3 is 2.26 bits per heavy atom. The molecular weight excluding hydrogens is 478 g/mol. The van der Waals surface area contributed by atoms with E-state index in [1.54, 1.807) is 0 Å². The Kier molecular flexibility index (Phi) is 9.40. The Balaban J connectivity index is 3.21. The smallest absolute Gasteiger partial charge is 0.397 e. The van der Waals surface area contributed by atoms with Gasteiger partial charge < -0.3 is 39.8 Å². The fourth-order valence-corrected chi connectivity index (χ4v) is 3.09. The number of hydrogen-bond donors (Lipinski definition) is 8. The van der Waals surface area contributed by atoms with Crippen molar-refractivity contribution in [3.8, 4) is 0 Å². The summed E-state index contributed by atoms with van der Waals surface area (Å²) < 4.78 is 75.4. The molecule has 1 aliphatic rings. The summed E-state index contributed by atoms with van der Waals surface area (Å²) in [6.07, 6.45) is -12.9. The molecule has 0 aromatic carbocycles. The molecular formula is C12H19NO16S2. The number of aldehydes is 1. The zero-order valence-corrected chi connectivity index (χ0v) is 16.7. The summed E-state index contributed by atoms with van der Waals surface area (Å²) in [6, 6.07) is -2.24. The minimum atomic E-state index is -5.13. The lowest BCUT2D eigenvalue weighted by Gasteiger charge is -2.36. The largest absolute Gasteiger partial charge is 0.475 e. The Morgan fingerprint density at radius 2 is 1.81 bits per heavy atom. The van der Waals surface area contributed by atoms with Crippen molar-refractivity contribution in [2.75, 3.05) is 6.61 Å². The molecule has 0 fully saturated rings. The van der Waals surface area contributed by atoms with Gasteiger partial charge in [0, 0.05) is 0 Å². The van der Waals surface area contributed by atoms with Crippen LogP contribution in [-0.2, 0) is 43.9 Å². The number of carbonyl (C=O) groups excluding carboxylic acids is 1. The van der Waals surface area contributed by atoms with E-state index in [4.69, 9.17) is 23.7 Å². The van der Waals surface area contributed by atoms with Gasteiger partial charge in [-0.1, -0.05) is 0 Å². The van der Waals surface area contributed by atoms with Crippen LogP contribution in [-0.4, -0.2) is 113 Å². The average molecular weight is 497 g/mol. The predicted octanol–water partition coefficient (Wildman–Crippen LogP) is -5.08. The third-order valence-electron chi connectivity index (χ3n) is 3.60. The fraction of sp³-hybridized carbons (Fsp3) is 0.667. The SMILES string of the molecule is O=C[C@H](NS(=O)(=O)O)[C@H](O)[C@H](O[C@@H]1OC(C(=O)O)=C[C@H](O)[C@H]1O)[C@H](O)COS(=O)(=O)O. The average Bonchev–Trinajstić information content (AvgIpc) is 2.63. The first-order valence-corrected chi connectivity index (χ1v) is 10.7. The highest BCUT2D eigenvalue weighted by Gasteiger charge is 2.43. The molecule has 0 saturated carbocycles. The molecule has 0 radical (unpaired) electrons. The van der Waals surface area contributed by atoms with Crippen molar-refractivity contribution in [3.63, 3.8) is 0 Å². The van der Waals surface area contributed by atoms with Gasteiger partial charge in [-0.3, -0.25) is 9.11 Å². The van der Waals surface area contributed by atoms with E-state index in [1.807, 2.05) is 0 Å². The molecule has 0 bridgehead atoms. The van der Waals surface area contributed by atoms with Crippen LogP contribution in [0.3, 0.4) is 0 Å². The molecule has 19 heteroatoms. The highest BCUT2D eigenvalue weighted by atomic mass is 32.3. The van der Waals surface area contributed by atoms with Crippen molar-refractivity contribution in [2.24, 2.45) is 0 Å². The van der Waals surface area contributed by atoms with Crippen LogP contribution >= 0.6 is 0 Å². The minimum absolute atomic E-state index is 0.263. The van der Waals surface area contributed by atoms with Gasteiger partial charge in [-0.25, -0.2) is 8.98 Å². The molecule has 0 spiro atoms. The summed E-state index contributed by atoms with van der Waals surface area (Å²) in [6.45, 7) is -1.36. The normalized spacial score (nSPS) is 26.1. The predicted molar refractivity (Wildman–Crippen MR) is 91.5 cm³/mol. The van der Waals surface area contributed by atoms with E-state index >= 15 is 0 Å². The number of nitrogens with one attached hydrogen (secondary N) is 1. The first-order valence-electron chi connectivity index (χ1n) is 7.87. The molecule has 8 N–H and O–H groups in total. The lowest BCUT2D eigenvalue weighted by atomic mass is 10.0. The second kappa shape index (κ2) is 10.7. The highest BCUT2D eigenvalue weighted by molar-refractivity contribution is 7.83. The number of ether oxygens (including phenoxy) is 2. The molecule has 0 aliphatic carbocycles. The van der Waals surface area contributed by atoms with Crippen LogP contribution in [0.2, 0.25) is 0 Å². The first-order chi connectivity index (χ1) is 14.1. The summed E-state index contributed by atoms with van der Waals surface area (Å²) >= 11 is 0. The quantitative estimate of drug-likeness (QED) is 0.0924. The zero-order chi connectivity index (χ0) is 24.1. The number of aliphatic carboxylic acids is 1. The lowest BCUT2D eigenvalue weighted by molar-refractivity contribution is -0.255. The number of hydrogen-bond acceptors (Lipinski definition) is 13. The Hall–Kier alpha value is -1.78. The van der Waals surface area contributed by atoms with Crippen LogP contribution in [0.5, 0.6) is 0 Å². The van der Waals surface area contributed by atoms with Crippen molar-refractivity contribution in [2.45, 2.75) is 42.9 Å². The van der Waals surface area contributed by atoms with E-state index in [2.05, 4.69) is 4.18 Å². The van der Waals surface area contributed by atoms with E-state index in [1.165, 1.54) is 4.72 Å². The van der Waals surface area contributed by atoms with E-state index in [-0.39, 0.29) is 6.29 Å². The number of carbonyl (C=O) groups is 2.